The molecule has 0 unspecified atom stereocenters. The van der Waals surface area contributed by atoms with Gasteiger partial charge in [0, 0.05) is 19.3 Å². The Kier molecular flexibility index (Phi) is 3.45. The average molecular weight is 263 g/mol. The van der Waals surface area contributed by atoms with Gasteiger partial charge in [0.1, 0.15) is 16.7 Å². The van der Waals surface area contributed by atoms with Crippen molar-refractivity contribution in [2.24, 2.45) is 0 Å². The Labute approximate surface area is 106 Å². The molecule has 1 aliphatic heterocycles. The second-order valence-corrected chi connectivity index (χ2v) is 6.09. The molecule has 2 rings (SSSR count). The van der Waals surface area contributed by atoms with Gasteiger partial charge in [-0.25, -0.2) is 13.4 Å². The summed E-state index contributed by atoms with van der Waals surface area (Å²) in [6.07, 6.45) is 3.90. The van der Waals surface area contributed by atoms with Gasteiger partial charge >= 0.3 is 0 Å². The molecule has 1 aliphatic rings. The summed E-state index contributed by atoms with van der Waals surface area (Å²) in [5.41, 5.74) is 1.42. The maximum Gasteiger partial charge on any atom is 0.244 e. The van der Waals surface area contributed by atoms with Crippen LogP contribution in [0.1, 0.15) is 19.0 Å². The number of nitriles is 1. The van der Waals surface area contributed by atoms with E-state index >= 15 is 0 Å². The topological polar surface area (TPSA) is 74.1 Å². The highest BCUT2D eigenvalue weighted by molar-refractivity contribution is 7.89. The molecule has 0 bridgehead atoms. The summed E-state index contributed by atoms with van der Waals surface area (Å²) in [6, 6.07) is 4.70. The SMILES string of the molecule is CC1=CCN(S(=O)(=O)c2ccc(C#N)nc2)CC1. The summed E-state index contributed by atoms with van der Waals surface area (Å²) in [6.45, 7) is 2.88. The van der Waals surface area contributed by atoms with E-state index in [0.717, 1.165) is 6.42 Å². The fourth-order valence-corrected chi connectivity index (χ4v) is 3.04. The van der Waals surface area contributed by atoms with Crippen LogP contribution in [0.3, 0.4) is 0 Å². The van der Waals surface area contributed by atoms with Crippen LogP contribution in [0.4, 0.5) is 0 Å². The van der Waals surface area contributed by atoms with E-state index in [-0.39, 0.29) is 10.6 Å². The van der Waals surface area contributed by atoms with Gasteiger partial charge in [-0.3, -0.25) is 0 Å². The molecule has 2 heterocycles. The Morgan fingerprint density at radius 3 is 2.72 bits per heavy atom. The van der Waals surface area contributed by atoms with Crippen LogP contribution < -0.4 is 0 Å². The highest BCUT2D eigenvalue weighted by Crippen LogP contribution is 2.19. The molecule has 0 spiro atoms. The van der Waals surface area contributed by atoms with Crippen LogP contribution in [0, 0.1) is 11.3 Å². The lowest BCUT2D eigenvalue weighted by Crippen LogP contribution is -2.34. The molecule has 0 saturated carbocycles. The Bertz CT molecular complexity index is 612. The zero-order chi connectivity index (χ0) is 13.2. The van der Waals surface area contributed by atoms with Crippen molar-refractivity contribution in [1.82, 2.24) is 9.29 Å². The molecular formula is C12H13N3O2S. The van der Waals surface area contributed by atoms with E-state index in [4.69, 9.17) is 5.26 Å². The van der Waals surface area contributed by atoms with E-state index < -0.39 is 10.0 Å². The molecule has 1 aromatic heterocycles. The van der Waals surface area contributed by atoms with Gasteiger partial charge < -0.3 is 0 Å². The van der Waals surface area contributed by atoms with Crippen LogP contribution in [0.15, 0.2) is 34.9 Å². The summed E-state index contributed by atoms with van der Waals surface area (Å²) in [7, 11) is -3.49. The lowest BCUT2D eigenvalue weighted by Gasteiger charge is -2.24. The molecule has 0 radical (unpaired) electrons. The van der Waals surface area contributed by atoms with Gasteiger partial charge in [0.15, 0.2) is 0 Å². The molecule has 0 N–H and O–H groups in total. The average Bonchev–Trinajstić information content (AvgIpc) is 2.39. The first-order chi connectivity index (χ1) is 8.54. The van der Waals surface area contributed by atoms with Crippen molar-refractivity contribution in [3.8, 4) is 6.07 Å². The largest absolute Gasteiger partial charge is 0.244 e. The molecule has 0 fully saturated rings. The highest BCUT2D eigenvalue weighted by Gasteiger charge is 2.25. The maximum absolute atomic E-state index is 12.3. The van der Waals surface area contributed by atoms with Crippen LogP contribution in [-0.2, 0) is 10.0 Å². The summed E-state index contributed by atoms with van der Waals surface area (Å²) in [4.78, 5) is 3.92. The molecule has 0 saturated heterocycles. The number of rotatable bonds is 2. The van der Waals surface area contributed by atoms with Gasteiger partial charge in [0.2, 0.25) is 10.0 Å². The van der Waals surface area contributed by atoms with Gasteiger partial charge in [0.05, 0.1) is 0 Å². The van der Waals surface area contributed by atoms with E-state index in [1.54, 1.807) is 0 Å². The molecule has 0 aromatic carbocycles. The second-order valence-electron chi connectivity index (χ2n) is 4.15. The molecule has 18 heavy (non-hydrogen) atoms. The summed E-state index contributed by atoms with van der Waals surface area (Å²) in [5, 5.41) is 8.63. The highest BCUT2D eigenvalue weighted by atomic mass is 32.2. The summed E-state index contributed by atoms with van der Waals surface area (Å²) >= 11 is 0. The lowest BCUT2D eigenvalue weighted by molar-refractivity contribution is 0.431. The molecule has 0 amide bonds. The van der Waals surface area contributed by atoms with Gasteiger partial charge in [0.25, 0.3) is 0 Å². The van der Waals surface area contributed by atoms with Crippen LogP contribution in [0.2, 0.25) is 0 Å². The summed E-state index contributed by atoms with van der Waals surface area (Å²) < 4.78 is 26.0. The third-order valence-electron chi connectivity index (χ3n) is 2.89. The summed E-state index contributed by atoms with van der Waals surface area (Å²) in [5.74, 6) is 0. The normalized spacial score (nSPS) is 17.0. The molecule has 1 aromatic rings. The van der Waals surface area contributed by atoms with Crippen molar-refractivity contribution in [2.45, 2.75) is 18.2 Å². The third-order valence-corrected chi connectivity index (χ3v) is 4.74. The quantitative estimate of drug-likeness (QED) is 0.754. The fraction of sp³-hybridized carbons (Fsp3) is 0.333. The minimum atomic E-state index is -3.49. The first-order valence-corrected chi connectivity index (χ1v) is 7.00. The number of sulfonamides is 1. The predicted molar refractivity (Wildman–Crippen MR) is 66.1 cm³/mol. The number of aromatic nitrogens is 1. The molecule has 0 atom stereocenters. The van der Waals surface area contributed by atoms with Crippen LogP contribution >= 0.6 is 0 Å². The first-order valence-electron chi connectivity index (χ1n) is 5.56. The zero-order valence-corrected chi connectivity index (χ0v) is 10.8. The predicted octanol–water partition coefficient (Wildman–Crippen LogP) is 1.29. The molecular weight excluding hydrogens is 250 g/mol. The minimum Gasteiger partial charge on any atom is -0.244 e. The van der Waals surface area contributed by atoms with Gasteiger partial charge in [-0.2, -0.15) is 9.57 Å². The van der Waals surface area contributed by atoms with Crippen molar-refractivity contribution >= 4 is 10.0 Å². The molecule has 94 valence electrons. The monoisotopic (exact) mass is 263 g/mol. The van der Waals surface area contributed by atoms with Crippen molar-refractivity contribution in [1.29, 1.82) is 5.26 Å². The first kappa shape index (κ1) is 12.7. The van der Waals surface area contributed by atoms with Crippen molar-refractivity contribution in [3.63, 3.8) is 0 Å². The second kappa shape index (κ2) is 4.88. The van der Waals surface area contributed by atoms with Gasteiger partial charge in [-0.05, 0) is 25.5 Å². The zero-order valence-electron chi connectivity index (χ0n) is 10.00. The minimum absolute atomic E-state index is 0.134. The van der Waals surface area contributed by atoms with E-state index in [2.05, 4.69) is 4.98 Å². The van der Waals surface area contributed by atoms with Crippen molar-refractivity contribution in [2.75, 3.05) is 13.1 Å². The maximum atomic E-state index is 12.3. The number of hydrogen-bond acceptors (Lipinski definition) is 4. The lowest BCUT2D eigenvalue weighted by atomic mass is 10.1. The van der Waals surface area contributed by atoms with Crippen LogP contribution in [-0.4, -0.2) is 30.8 Å². The van der Waals surface area contributed by atoms with E-state index in [1.807, 2.05) is 19.1 Å². The molecule has 0 aliphatic carbocycles. The Hall–Kier alpha value is -1.71. The molecule has 6 heteroatoms. The number of nitrogens with zero attached hydrogens (tertiary/aromatic N) is 3. The molecule has 5 nitrogen and oxygen atoms in total. The standard InChI is InChI=1S/C12H13N3O2S/c1-10-4-6-15(7-5-10)18(16,17)12-3-2-11(8-13)14-9-12/h2-4,9H,5-7H2,1H3. The van der Waals surface area contributed by atoms with Gasteiger partial charge in [-0.1, -0.05) is 11.6 Å². The van der Waals surface area contributed by atoms with Crippen LogP contribution in [0.5, 0.6) is 0 Å². The Morgan fingerprint density at radius 2 is 2.22 bits per heavy atom. The third kappa shape index (κ3) is 2.42. The van der Waals surface area contributed by atoms with Gasteiger partial charge in [-0.15, -0.1) is 0 Å². The van der Waals surface area contributed by atoms with E-state index in [0.29, 0.717) is 13.1 Å². The fourth-order valence-electron chi connectivity index (χ4n) is 1.72. The number of pyridine rings is 1. The number of hydrogen-bond donors (Lipinski definition) is 0. The van der Waals surface area contributed by atoms with Crippen molar-refractivity contribution in [3.05, 3.63) is 35.7 Å². The van der Waals surface area contributed by atoms with Crippen molar-refractivity contribution < 1.29 is 8.42 Å². The van der Waals surface area contributed by atoms with Crippen LogP contribution in [0.25, 0.3) is 0 Å². The van der Waals surface area contributed by atoms with E-state index in [1.165, 1.54) is 28.2 Å². The van der Waals surface area contributed by atoms with E-state index in [9.17, 15) is 8.42 Å². The Morgan fingerprint density at radius 1 is 1.44 bits per heavy atom. The Balaban J connectivity index is 2.28. The smallest absolute Gasteiger partial charge is 0.244 e.